The smallest absolute Gasteiger partial charge is 0.371 e. The molecule has 2 aromatic rings. The van der Waals surface area contributed by atoms with Gasteiger partial charge in [-0.05, 0) is 61.3 Å². The number of alkyl halides is 5. The minimum atomic E-state index is -5.85. The van der Waals surface area contributed by atoms with E-state index in [9.17, 15) is 31.5 Å². The summed E-state index contributed by atoms with van der Waals surface area (Å²) in [4.78, 5) is 30.2. The molecule has 1 unspecified atom stereocenters. The van der Waals surface area contributed by atoms with Gasteiger partial charge < -0.3 is 14.7 Å². The molecule has 0 aromatic heterocycles. The molecule has 2 fully saturated rings. The van der Waals surface area contributed by atoms with Crippen LogP contribution >= 0.6 is 11.6 Å². The molecule has 2 aromatic carbocycles. The highest BCUT2D eigenvalue weighted by Crippen LogP contribution is 2.47. The molecule has 2 heterocycles. The van der Waals surface area contributed by atoms with Crippen molar-refractivity contribution in [3.63, 3.8) is 0 Å². The predicted octanol–water partition coefficient (Wildman–Crippen LogP) is 6.48. The first-order chi connectivity index (χ1) is 18.8. The van der Waals surface area contributed by atoms with Crippen LogP contribution in [0, 0.1) is 11.8 Å². The number of hydrogen-bond donors (Lipinski definition) is 0. The highest BCUT2D eigenvalue weighted by atomic mass is 35.5. The summed E-state index contributed by atoms with van der Waals surface area (Å²) < 4.78 is 69.0. The third-order valence-corrected chi connectivity index (χ3v) is 8.45. The summed E-state index contributed by atoms with van der Waals surface area (Å²) >= 11 is 6.38. The van der Waals surface area contributed by atoms with E-state index in [-0.39, 0.29) is 30.5 Å². The van der Waals surface area contributed by atoms with E-state index < -0.39 is 23.9 Å². The number of amides is 2. The van der Waals surface area contributed by atoms with E-state index >= 15 is 0 Å². The van der Waals surface area contributed by atoms with Crippen LogP contribution in [0.15, 0.2) is 48.5 Å². The second-order valence-corrected chi connectivity index (χ2v) is 11.2. The Morgan fingerprint density at radius 2 is 1.43 bits per heavy atom. The molecule has 2 amide bonds. The number of rotatable bonds is 6. The summed E-state index contributed by atoms with van der Waals surface area (Å²) in [6.07, 6.45) is -2.96. The highest BCUT2D eigenvalue weighted by molar-refractivity contribution is 6.34. The molecule has 11 heteroatoms. The van der Waals surface area contributed by atoms with Crippen LogP contribution in [0.1, 0.15) is 47.5 Å². The van der Waals surface area contributed by atoms with Crippen molar-refractivity contribution in [3.8, 4) is 0 Å². The lowest BCUT2D eigenvalue weighted by atomic mass is 9.78. The van der Waals surface area contributed by atoms with E-state index in [0.29, 0.717) is 29.3 Å². The average molecular weight is 586 g/mol. The molecule has 0 radical (unpaired) electrons. The van der Waals surface area contributed by atoms with Gasteiger partial charge in [-0.3, -0.25) is 9.59 Å². The Kier molecular flexibility index (Phi) is 8.97. The van der Waals surface area contributed by atoms with E-state index in [1.165, 1.54) is 28.0 Å². The van der Waals surface area contributed by atoms with Crippen molar-refractivity contribution < 1.29 is 31.5 Å². The molecule has 0 bridgehead atoms. The lowest BCUT2D eigenvalue weighted by Gasteiger charge is -2.42. The fourth-order valence-corrected chi connectivity index (χ4v) is 6.09. The molecule has 0 spiro atoms. The van der Waals surface area contributed by atoms with Gasteiger partial charge in [-0.15, -0.1) is 0 Å². The first-order valence-corrected chi connectivity index (χ1v) is 13.7. The summed E-state index contributed by atoms with van der Waals surface area (Å²) in [6, 6.07) is 11.9. The minimum absolute atomic E-state index is 0.151. The molecule has 1 atom stereocenters. The van der Waals surface area contributed by atoms with Gasteiger partial charge >= 0.3 is 12.1 Å². The molecule has 2 aliphatic heterocycles. The van der Waals surface area contributed by atoms with Gasteiger partial charge in [0.2, 0.25) is 5.91 Å². The number of piperidine rings is 2. The first kappa shape index (κ1) is 30.1. The molecule has 0 saturated carbocycles. The number of halogens is 6. The quantitative estimate of drug-likeness (QED) is 0.365. The SMILES string of the molecule is CN(C)C(=O)c1ccc(N2CCC(C3CCN(C(=O)C(c4ccccc4)C(F)(F)C(F)(F)F)CC3)CC2)cc1Cl. The zero-order valence-corrected chi connectivity index (χ0v) is 23.2. The van der Waals surface area contributed by atoms with Crippen molar-refractivity contribution in [3.05, 3.63) is 64.7 Å². The molecular formula is C29H33ClF5N3O2. The zero-order chi connectivity index (χ0) is 29.2. The fourth-order valence-electron chi connectivity index (χ4n) is 5.83. The Morgan fingerprint density at radius 3 is 1.93 bits per heavy atom. The van der Waals surface area contributed by atoms with Crippen LogP contribution in [0.4, 0.5) is 27.6 Å². The molecule has 0 N–H and O–H groups in total. The van der Waals surface area contributed by atoms with Gasteiger partial charge in [0.15, 0.2) is 0 Å². The number of likely N-dealkylation sites (tertiary alicyclic amines) is 1. The van der Waals surface area contributed by atoms with Crippen LogP contribution in [0.2, 0.25) is 5.02 Å². The van der Waals surface area contributed by atoms with Crippen LogP contribution in [-0.4, -0.2) is 74.0 Å². The standard InChI is InChI=1S/C29H33ClF5N3O2/c1-36(2)26(39)23-9-8-22(18-24(23)30)37-14-10-19(11-15-37)20-12-16-38(17-13-20)27(40)25(21-6-4-3-5-7-21)28(31,32)29(33,34)35/h3-9,18-20,25H,10-17H2,1-2H3. The second-order valence-electron chi connectivity index (χ2n) is 10.8. The Morgan fingerprint density at radius 1 is 0.875 bits per heavy atom. The van der Waals surface area contributed by atoms with E-state index in [2.05, 4.69) is 4.90 Å². The van der Waals surface area contributed by atoms with Crippen LogP contribution < -0.4 is 4.90 Å². The van der Waals surface area contributed by atoms with Crippen LogP contribution in [0.3, 0.4) is 0 Å². The van der Waals surface area contributed by atoms with Crippen molar-refractivity contribution in [1.29, 1.82) is 0 Å². The third-order valence-electron chi connectivity index (χ3n) is 8.13. The maximum Gasteiger partial charge on any atom is 0.454 e. The molecular weight excluding hydrogens is 553 g/mol. The molecule has 2 saturated heterocycles. The van der Waals surface area contributed by atoms with Crippen molar-refractivity contribution in [1.82, 2.24) is 9.80 Å². The fraction of sp³-hybridized carbons (Fsp3) is 0.517. The monoisotopic (exact) mass is 585 g/mol. The molecule has 2 aliphatic rings. The predicted molar refractivity (Wildman–Crippen MR) is 144 cm³/mol. The number of benzene rings is 2. The van der Waals surface area contributed by atoms with Crippen LogP contribution in [0.25, 0.3) is 0 Å². The summed E-state index contributed by atoms with van der Waals surface area (Å²) in [7, 11) is 3.33. The second kappa shape index (κ2) is 11.9. The van der Waals surface area contributed by atoms with E-state index in [1.54, 1.807) is 26.2 Å². The van der Waals surface area contributed by atoms with Gasteiger partial charge in [0.25, 0.3) is 5.91 Å². The molecule has 40 heavy (non-hydrogen) atoms. The normalized spacial score (nSPS) is 18.5. The van der Waals surface area contributed by atoms with E-state index in [1.807, 2.05) is 6.07 Å². The van der Waals surface area contributed by atoms with Gasteiger partial charge in [0, 0.05) is 46.0 Å². The minimum Gasteiger partial charge on any atom is -0.371 e. The summed E-state index contributed by atoms with van der Waals surface area (Å²) in [5.41, 5.74) is 1.02. The van der Waals surface area contributed by atoms with Crippen molar-refractivity contribution in [2.24, 2.45) is 11.8 Å². The van der Waals surface area contributed by atoms with Gasteiger partial charge in [0.1, 0.15) is 5.92 Å². The zero-order valence-electron chi connectivity index (χ0n) is 22.4. The summed E-state index contributed by atoms with van der Waals surface area (Å²) in [5.74, 6) is -8.53. The first-order valence-electron chi connectivity index (χ1n) is 13.4. The maximum absolute atomic E-state index is 14.5. The molecule has 4 rings (SSSR count). The van der Waals surface area contributed by atoms with E-state index in [0.717, 1.165) is 43.8 Å². The van der Waals surface area contributed by atoms with Crippen molar-refractivity contribution >= 4 is 29.1 Å². The van der Waals surface area contributed by atoms with E-state index in [4.69, 9.17) is 11.6 Å². The highest BCUT2D eigenvalue weighted by Gasteiger charge is 2.65. The Labute approximate surface area is 235 Å². The number of carbonyl (C=O) groups excluding carboxylic acids is 2. The van der Waals surface area contributed by atoms with Crippen LogP contribution in [0.5, 0.6) is 0 Å². The number of nitrogens with zero attached hydrogens (tertiary/aromatic N) is 3. The van der Waals surface area contributed by atoms with Crippen LogP contribution in [-0.2, 0) is 4.79 Å². The van der Waals surface area contributed by atoms with Gasteiger partial charge in [-0.1, -0.05) is 41.9 Å². The summed E-state index contributed by atoms with van der Waals surface area (Å²) in [5, 5.41) is 0.389. The van der Waals surface area contributed by atoms with Gasteiger partial charge in [-0.25, -0.2) is 0 Å². The largest absolute Gasteiger partial charge is 0.454 e. The summed E-state index contributed by atoms with van der Waals surface area (Å²) in [6.45, 7) is 1.85. The maximum atomic E-state index is 14.5. The Hall–Kier alpha value is -2.88. The molecule has 5 nitrogen and oxygen atoms in total. The molecule has 218 valence electrons. The Balaban J connectivity index is 1.36. The third kappa shape index (κ3) is 6.21. The van der Waals surface area contributed by atoms with Gasteiger partial charge in [0.05, 0.1) is 10.6 Å². The van der Waals surface area contributed by atoms with Gasteiger partial charge in [-0.2, -0.15) is 22.0 Å². The lowest BCUT2D eigenvalue weighted by Crippen LogP contribution is -2.51. The van der Waals surface area contributed by atoms with Crippen molar-refractivity contribution in [2.75, 3.05) is 45.2 Å². The van der Waals surface area contributed by atoms with Crippen molar-refractivity contribution in [2.45, 2.75) is 43.7 Å². The Bertz CT molecular complexity index is 1190. The number of hydrogen-bond acceptors (Lipinski definition) is 3. The average Bonchev–Trinajstić information content (AvgIpc) is 2.92. The number of anilines is 1. The lowest BCUT2D eigenvalue weighted by molar-refractivity contribution is -0.289. The topological polar surface area (TPSA) is 43.9 Å². The number of carbonyl (C=O) groups is 2. The molecule has 0 aliphatic carbocycles.